The minimum Gasteiger partial charge on any atom is -0.378 e. The minimum absolute atomic E-state index is 0.320. The molecule has 0 aliphatic heterocycles. The summed E-state index contributed by atoms with van der Waals surface area (Å²) in [6.45, 7) is 6.25. The van der Waals surface area contributed by atoms with Crippen LogP contribution in [0.2, 0.25) is 0 Å². The first-order chi connectivity index (χ1) is 12.2. The zero-order valence-corrected chi connectivity index (χ0v) is 15.6. The molecule has 0 amide bonds. The number of aryl methyl sites for hydroxylation is 1. The van der Waals surface area contributed by atoms with Crippen molar-refractivity contribution in [1.82, 2.24) is 4.98 Å². The predicted octanol–water partition coefficient (Wildman–Crippen LogP) is 5.89. The lowest BCUT2D eigenvalue weighted by Gasteiger charge is -2.20. The van der Waals surface area contributed by atoms with E-state index in [4.69, 9.17) is 0 Å². The number of benzene rings is 2. The normalized spacial score (nSPS) is 12.2. The lowest BCUT2D eigenvalue weighted by atomic mass is 10.1. The van der Waals surface area contributed by atoms with E-state index in [2.05, 4.69) is 78.5 Å². The molecule has 1 unspecified atom stereocenters. The molecule has 0 fully saturated rings. The van der Waals surface area contributed by atoms with Crippen molar-refractivity contribution in [2.75, 3.05) is 16.8 Å². The Bertz CT molecular complexity index is 807. The number of H-pyrrole nitrogens is 1. The van der Waals surface area contributed by atoms with Crippen LogP contribution in [0.5, 0.6) is 0 Å². The number of aromatic amines is 1. The number of para-hydroxylation sites is 2. The molecule has 1 aromatic heterocycles. The Kier molecular flexibility index (Phi) is 6.24. The molecule has 2 N–H and O–H groups in total. The van der Waals surface area contributed by atoms with E-state index in [1.54, 1.807) is 0 Å². The maximum atomic E-state index is 4.15. The van der Waals surface area contributed by atoms with Gasteiger partial charge in [0.15, 0.2) is 0 Å². The van der Waals surface area contributed by atoms with Gasteiger partial charge in [0.05, 0.1) is 6.04 Å². The molecule has 0 saturated carbocycles. The maximum Gasteiger partial charge on any atom is 0.0558 e. The molecular formula is C22H26N2S. The average Bonchev–Trinajstić information content (AvgIpc) is 3.04. The van der Waals surface area contributed by atoms with Crippen molar-refractivity contribution in [2.45, 2.75) is 25.8 Å². The Morgan fingerprint density at radius 2 is 1.88 bits per heavy atom. The van der Waals surface area contributed by atoms with Crippen molar-refractivity contribution in [3.8, 4) is 0 Å². The molecule has 0 radical (unpaired) electrons. The van der Waals surface area contributed by atoms with Crippen LogP contribution in [0, 0.1) is 0 Å². The molecule has 0 bridgehead atoms. The highest BCUT2D eigenvalue weighted by atomic mass is 32.2. The summed E-state index contributed by atoms with van der Waals surface area (Å²) >= 11 is 2.00. The van der Waals surface area contributed by atoms with Gasteiger partial charge in [0.1, 0.15) is 0 Å². The number of hydrogen-bond acceptors (Lipinski definition) is 2. The zero-order valence-electron chi connectivity index (χ0n) is 14.8. The first-order valence-corrected chi connectivity index (χ1v) is 9.99. The van der Waals surface area contributed by atoms with Gasteiger partial charge in [0, 0.05) is 28.5 Å². The van der Waals surface area contributed by atoms with Gasteiger partial charge in [-0.1, -0.05) is 48.6 Å². The predicted molar refractivity (Wildman–Crippen MR) is 113 cm³/mol. The summed E-state index contributed by atoms with van der Waals surface area (Å²) < 4.78 is 0. The third-order valence-electron chi connectivity index (χ3n) is 4.40. The highest BCUT2D eigenvalue weighted by molar-refractivity contribution is 7.99. The van der Waals surface area contributed by atoms with Crippen molar-refractivity contribution >= 4 is 28.4 Å². The molecule has 0 aliphatic carbocycles. The van der Waals surface area contributed by atoms with Crippen LogP contribution in [0.15, 0.2) is 72.9 Å². The van der Waals surface area contributed by atoms with Crippen molar-refractivity contribution in [3.05, 3.63) is 78.5 Å². The fourth-order valence-electron chi connectivity index (χ4n) is 2.95. The fraction of sp³-hybridized carbons (Fsp3) is 0.273. The number of fused-ring (bicyclic) bond motifs is 1. The van der Waals surface area contributed by atoms with E-state index < -0.39 is 0 Å². The molecule has 25 heavy (non-hydrogen) atoms. The second kappa shape index (κ2) is 8.82. The Balaban J connectivity index is 1.44. The summed E-state index contributed by atoms with van der Waals surface area (Å²) in [4.78, 5) is 3.36. The van der Waals surface area contributed by atoms with E-state index in [0.29, 0.717) is 6.04 Å². The van der Waals surface area contributed by atoms with Gasteiger partial charge in [-0.2, -0.15) is 11.8 Å². The van der Waals surface area contributed by atoms with Crippen LogP contribution >= 0.6 is 11.8 Å². The van der Waals surface area contributed by atoms with E-state index in [1.165, 1.54) is 34.2 Å². The number of rotatable bonds is 9. The maximum absolute atomic E-state index is 4.15. The van der Waals surface area contributed by atoms with Gasteiger partial charge in [-0.05, 0) is 49.3 Å². The summed E-state index contributed by atoms with van der Waals surface area (Å²) in [6.07, 6.45) is 4.48. The van der Waals surface area contributed by atoms with Gasteiger partial charge >= 0.3 is 0 Å². The summed E-state index contributed by atoms with van der Waals surface area (Å²) in [7, 11) is 0. The summed E-state index contributed by atoms with van der Waals surface area (Å²) in [5, 5.41) is 4.94. The quantitative estimate of drug-likeness (QED) is 0.372. The summed E-state index contributed by atoms with van der Waals surface area (Å²) in [5.41, 5.74) is 5.01. The molecule has 0 spiro atoms. The summed E-state index contributed by atoms with van der Waals surface area (Å²) in [6, 6.07) is 19.2. The van der Waals surface area contributed by atoms with Crippen molar-refractivity contribution in [1.29, 1.82) is 0 Å². The number of aromatic nitrogens is 1. The van der Waals surface area contributed by atoms with Gasteiger partial charge in [-0.25, -0.2) is 0 Å². The van der Waals surface area contributed by atoms with Gasteiger partial charge < -0.3 is 10.3 Å². The fourth-order valence-corrected chi connectivity index (χ4v) is 4.07. The molecule has 0 saturated heterocycles. The van der Waals surface area contributed by atoms with Crippen LogP contribution in [0.25, 0.3) is 10.9 Å². The summed E-state index contributed by atoms with van der Waals surface area (Å²) in [5.74, 6) is 2.22. The molecular weight excluding hydrogens is 324 g/mol. The van der Waals surface area contributed by atoms with Crippen molar-refractivity contribution in [3.63, 3.8) is 0 Å². The van der Waals surface area contributed by atoms with Crippen LogP contribution in [-0.4, -0.2) is 22.5 Å². The van der Waals surface area contributed by atoms with Crippen molar-refractivity contribution < 1.29 is 0 Å². The molecule has 130 valence electrons. The first-order valence-electron chi connectivity index (χ1n) is 8.84. The first kappa shape index (κ1) is 17.7. The zero-order chi connectivity index (χ0) is 17.5. The third kappa shape index (κ3) is 4.93. The molecule has 1 atom stereocenters. The van der Waals surface area contributed by atoms with Crippen LogP contribution < -0.4 is 5.32 Å². The number of anilines is 1. The van der Waals surface area contributed by atoms with Crippen LogP contribution in [-0.2, 0) is 6.42 Å². The number of thioether (sulfide) groups is 1. The number of hydrogen-bond donors (Lipinski definition) is 2. The van der Waals surface area contributed by atoms with E-state index >= 15 is 0 Å². The highest BCUT2D eigenvalue weighted by Crippen LogP contribution is 2.21. The Labute approximate surface area is 154 Å². The van der Waals surface area contributed by atoms with Gasteiger partial charge in [-0.3, -0.25) is 0 Å². The van der Waals surface area contributed by atoms with Gasteiger partial charge in [0.2, 0.25) is 0 Å². The van der Waals surface area contributed by atoms with E-state index in [1.807, 2.05) is 17.8 Å². The molecule has 3 aromatic rings. The van der Waals surface area contributed by atoms with Crippen molar-refractivity contribution in [2.24, 2.45) is 0 Å². The lowest BCUT2D eigenvalue weighted by molar-refractivity contribution is 0.921. The highest BCUT2D eigenvalue weighted by Gasteiger charge is 2.09. The third-order valence-corrected chi connectivity index (χ3v) is 5.55. The average molecular weight is 351 g/mol. The monoisotopic (exact) mass is 350 g/mol. The van der Waals surface area contributed by atoms with Gasteiger partial charge in [0.25, 0.3) is 0 Å². The Morgan fingerprint density at radius 1 is 1.12 bits per heavy atom. The largest absolute Gasteiger partial charge is 0.378 e. The van der Waals surface area contributed by atoms with Crippen LogP contribution in [0.1, 0.15) is 18.9 Å². The Morgan fingerprint density at radius 3 is 2.68 bits per heavy atom. The molecule has 3 heteroatoms. The van der Waals surface area contributed by atoms with Gasteiger partial charge in [-0.15, -0.1) is 0 Å². The Hall–Kier alpha value is -2.13. The number of nitrogens with one attached hydrogen (secondary N) is 2. The van der Waals surface area contributed by atoms with Crippen LogP contribution in [0.4, 0.5) is 5.69 Å². The second-order valence-electron chi connectivity index (χ2n) is 6.45. The standard InChI is InChI=1S/C22H26N2S/c1-17(2)22(24-19-10-4-3-5-11-19)16-25-14-8-9-18-15-23-21-13-7-6-12-20(18)21/h3-7,10-13,15,22-24H,1,8-9,14,16H2,2H3. The molecule has 0 aliphatic rings. The molecule has 3 rings (SSSR count). The SMILES string of the molecule is C=C(C)C(CSCCCc1c[nH]c2ccccc12)Nc1ccccc1. The van der Waals surface area contributed by atoms with E-state index in [0.717, 1.165) is 17.9 Å². The van der Waals surface area contributed by atoms with E-state index in [-0.39, 0.29) is 0 Å². The topological polar surface area (TPSA) is 27.8 Å². The molecule has 2 nitrogen and oxygen atoms in total. The minimum atomic E-state index is 0.320. The van der Waals surface area contributed by atoms with E-state index in [9.17, 15) is 0 Å². The molecule has 2 aromatic carbocycles. The van der Waals surface area contributed by atoms with Crippen LogP contribution in [0.3, 0.4) is 0 Å². The smallest absolute Gasteiger partial charge is 0.0558 e. The second-order valence-corrected chi connectivity index (χ2v) is 7.60. The lowest BCUT2D eigenvalue weighted by Crippen LogP contribution is -2.23. The molecule has 1 heterocycles.